The van der Waals surface area contributed by atoms with Crippen LogP contribution in [0.25, 0.3) is 11.1 Å². The number of benzene rings is 3. The molecule has 208 valence electrons. The standard InChI is InChI=1S/C29H31N5O5S/c35-26(33-29-30-17-4-18-31-29)16-9-20-7-10-23(11-8-20)27(36)32-19-25(28(37)38)34-40(39)24-14-12-22(13-15-24)21-5-2-1-3-6-21/h1-3,5-8,10-15,25,34H,4,9,16-19H2,(H,32,36)(H,37,38)(H2,30,31,33,35). The van der Waals surface area contributed by atoms with Crippen LogP contribution in [0.5, 0.6) is 0 Å². The summed E-state index contributed by atoms with van der Waals surface area (Å²) < 4.78 is 15.3. The smallest absolute Gasteiger partial charge is 0.323 e. The third-order valence-corrected chi connectivity index (χ3v) is 7.40. The molecule has 0 aliphatic carbocycles. The zero-order valence-corrected chi connectivity index (χ0v) is 22.6. The Kier molecular flexibility index (Phi) is 10.1. The van der Waals surface area contributed by atoms with Crippen molar-refractivity contribution in [3.05, 3.63) is 90.0 Å². The zero-order chi connectivity index (χ0) is 28.3. The Morgan fingerprint density at radius 3 is 2.30 bits per heavy atom. The molecular weight excluding hydrogens is 530 g/mol. The lowest BCUT2D eigenvalue weighted by Crippen LogP contribution is -2.46. The lowest BCUT2D eigenvalue weighted by atomic mass is 10.1. The molecule has 4 rings (SSSR count). The Morgan fingerprint density at radius 2 is 1.65 bits per heavy atom. The van der Waals surface area contributed by atoms with E-state index in [9.17, 15) is 23.7 Å². The van der Waals surface area contributed by atoms with Crippen LogP contribution in [0.15, 0.2) is 88.8 Å². The number of aliphatic imine (C=N–C) groups is 1. The van der Waals surface area contributed by atoms with Crippen molar-refractivity contribution in [1.82, 2.24) is 20.7 Å². The minimum atomic E-state index is -1.80. The van der Waals surface area contributed by atoms with Gasteiger partial charge in [0.1, 0.15) is 17.0 Å². The summed E-state index contributed by atoms with van der Waals surface area (Å²) in [6.07, 6.45) is 1.70. The molecule has 0 saturated heterocycles. The first-order valence-corrected chi connectivity index (χ1v) is 14.1. The molecule has 0 radical (unpaired) electrons. The van der Waals surface area contributed by atoms with Gasteiger partial charge in [-0.15, -0.1) is 0 Å². The van der Waals surface area contributed by atoms with Crippen molar-refractivity contribution in [3.63, 3.8) is 0 Å². The number of carboxylic acids is 1. The van der Waals surface area contributed by atoms with Crippen molar-refractivity contribution >= 4 is 34.7 Å². The van der Waals surface area contributed by atoms with Crippen LogP contribution in [0.2, 0.25) is 0 Å². The average Bonchev–Trinajstić information content (AvgIpc) is 2.99. The quantitative estimate of drug-likeness (QED) is 0.242. The van der Waals surface area contributed by atoms with E-state index in [-0.39, 0.29) is 18.9 Å². The van der Waals surface area contributed by atoms with Gasteiger partial charge in [-0.2, -0.15) is 0 Å². The molecule has 10 nitrogen and oxygen atoms in total. The fourth-order valence-corrected chi connectivity index (χ4v) is 4.93. The summed E-state index contributed by atoms with van der Waals surface area (Å²) in [5.74, 6) is -1.34. The van der Waals surface area contributed by atoms with Gasteiger partial charge in [0.15, 0.2) is 5.96 Å². The Hall–Kier alpha value is -4.35. The number of carbonyl (C=O) groups is 3. The molecule has 2 atom stereocenters. The van der Waals surface area contributed by atoms with Gasteiger partial charge in [0.2, 0.25) is 5.91 Å². The van der Waals surface area contributed by atoms with Gasteiger partial charge in [-0.25, -0.2) is 8.93 Å². The highest BCUT2D eigenvalue weighted by Crippen LogP contribution is 2.20. The van der Waals surface area contributed by atoms with Gasteiger partial charge in [0, 0.05) is 31.6 Å². The number of amides is 2. The van der Waals surface area contributed by atoms with Crippen molar-refractivity contribution in [3.8, 4) is 11.1 Å². The molecule has 0 fully saturated rings. The highest BCUT2D eigenvalue weighted by atomic mass is 32.2. The van der Waals surface area contributed by atoms with E-state index in [2.05, 4.69) is 25.7 Å². The fraction of sp³-hybridized carbons (Fsp3) is 0.241. The molecule has 3 aromatic carbocycles. The molecule has 40 heavy (non-hydrogen) atoms. The van der Waals surface area contributed by atoms with Gasteiger partial charge < -0.3 is 15.7 Å². The maximum Gasteiger partial charge on any atom is 0.323 e. The predicted octanol–water partition coefficient (Wildman–Crippen LogP) is 2.25. The Bertz CT molecular complexity index is 1380. The van der Waals surface area contributed by atoms with E-state index >= 15 is 0 Å². The number of hydrogen-bond donors (Lipinski definition) is 5. The molecule has 1 aliphatic rings. The number of nitrogens with one attached hydrogen (secondary N) is 4. The van der Waals surface area contributed by atoms with Crippen LogP contribution in [0, 0.1) is 0 Å². The average molecular weight is 562 g/mol. The molecule has 0 aromatic heterocycles. The summed E-state index contributed by atoms with van der Waals surface area (Å²) in [6.45, 7) is 1.21. The summed E-state index contributed by atoms with van der Waals surface area (Å²) in [7, 11) is -1.80. The number of carboxylic acid groups (broad SMARTS) is 1. The van der Waals surface area contributed by atoms with Gasteiger partial charge in [-0.1, -0.05) is 54.6 Å². The molecule has 3 aromatic rings. The van der Waals surface area contributed by atoms with Crippen LogP contribution in [-0.4, -0.2) is 58.7 Å². The predicted molar refractivity (Wildman–Crippen MR) is 153 cm³/mol. The van der Waals surface area contributed by atoms with Gasteiger partial charge in [-0.05, 0) is 53.8 Å². The minimum absolute atomic E-state index is 0.147. The summed E-state index contributed by atoms with van der Waals surface area (Å²) in [6, 6.07) is 22.2. The molecule has 5 N–H and O–H groups in total. The van der Waals surface area contributed by atoms with Crippen molar-refractivity contribution in [1.29, 1.82) is 0 Å². The molecule has 2 amide bonds. The van der Waals surface area contributed by atoms with Crippen LogP contribution in [-0.2, 0) is 27.0 Å². The van der Waals surface area contributed by atoms with Crippen LogP contribution >= 0.6 is 0 Å². The van der Waals surface area contributed by atoms with Crippen molar-refractivity contribution in [2.75, 3.05) is 19.6 Å². The van der Waals surface area contributed by atoms with Gasteiger partial charge in [0.05, 0.1) is 4.90 Å². The van der Waals surface area contributed by atoms with E-state index in [0.717, 1.165) is 29.7 Å². The Balaban J connectivity index is 1.25. The van der Waals surface area contributed by atoms with Gasteiger partial charge in [-0.3, -0.25) is 24.7 Å². The SMILES string of the molecule is O=C(CCc1ccc(C(=O)NCC(NS(=O)c2ccc(-c3ccccc3)cc2)C(=O)O)cc1)NC1=NCCCN1. The fourth-order valence-electron chi connectivity index (χ4n) is 3.97. The third kappa shape index (κ3) is 8.32. The molecular formula is C29H31N5O5S. The van der Waals surface area contributed by atoms with Crippen molar-refractivity contribution < 1.29 is 23.7 Å². The van der Waals surface area contributed by atoms with E-state index in [1.54, 1.807) is 36.4 Å². The topological polar surface area (TPSA) is 149 Å². The van der Waals surface area contributed by atoms with Crippen LogP contribution in [0.1, 0.15) is 28.8 Å². The molecule has 0 bridgehead atoms. The second-order valence-electron chi connectivity index (χ2n) is 9.13. The number of rotatable bonds is 11. The van der Waals surface area contributed by atoms with E-state index in [1.165, 1.54) is 0 Å². The van der Waals surface area contributed by atoms with Crippen molar-refractivity contribution in [2.45, 2.75) is 30.2 Å². The molecule has 0 spiro atoms. The normalized spacial score (nSPS) is 14.2. The molecule has 11 heteroatoms. The number of guanidine groups is 1. The van der Waals surface area contributed by atoms with Gasteiger partial charge in [0.25, 0.3) is 5.91 Å². The maximum atomic E-state index is 12.8. The zero-order valence-electron chi connectivity index (χ0n) is 21.8. The summed E-state index contributed by atoms with van der Waals surface area (Å²) in [5.41, 5.74) is 3.18. The number of aliphatic carboxylic acids is 1. The highest BCUT2D eigenvalue weighted by molar-refractivity contribution is 7.83. The molecule has 1 aliphatic heterocycles. The molecule has 1 heterocycles. The third-order valence-electron chi connectivity index (χ3n) is 6.20. The first-order chi connectivity index (χ1) is 19.4. The van der Waals surface area contributed by atoms with Crippen LogP contribution < -0.4 is 20.7 Å². The largest absolute Gasteiger partial charge is 0.480 e. The second kappa shape index (κ2) is 14.2. The molecule has 0 saturated carbocycles. The summed E-state index contributed by atoms with van der Waals surface area (Å²) >= 11 is 0. The molecule has 2 unspecified atom stereocenters. The van der Waals surface area contributed by atoms with Gasteiger partial charge >= 0.3 is 5.97 Å². The lowest BCUT2D eigenvalue weighted by molar-refractivity contribution is -0.138. The number of aryl methyl sites for hydroxylation is 1. The second-order valence-corrected chi connectivity index (χ2v) is 10.4. The monoisotopic (exact) mass is 561 g/mol. The Morgan fingerprint density at radius 1 is 0.950 bits per heavy atom. The summed E-state index contributed by atoms with van der Waals surface area (Å²) in [5, 5.41) is 18.0. The van der Waals surface area contributed by atoms with E-state index in [4.69, 9.17) is 0 Å². The van der Waals surface area contributed by atoms with E-state index in [0.29, 0.717) is 29.4 Å². The first-order valence-electron chi connectivity index (χ1n) is 12.9. The number of hydrogen-bond acceptors (Lipinski definition) is 6. The maximum absolute atomic E-state index is 12.8. The number of carbonyl (C=O) groups excluding carboxylic acids is 2. The van der Waals surface area contributed by atoms with E-state index in [1.807, 2.05) is 42.5 Å². The lowest BCUT2D eigenvalue weighted by Gasteiger charge is -2.15. The van der Waals surface area contributed by atoms with E-state index < -0.39 is 28.9 Å². The minimum Gasteiger partial charge on any atom is -0.480 e. The van der Waals surface area contributed by atoms with Crippen LogP contribution in [0.3, 0.4) is 0 Å². The van der Waals surface area contributed by atoms with Crippen LogP contribution in [0.4, 0.5) is 0 Å². The number of nitrogens with zero attached hydrogens (tertiary/aromatic N) is 1. The summed E-state index contributed by atoms with van der Waals surface area (Å²) in [4.78, 5) is 41.1. The van der Waals surface area contributed by atoms with Crippen molar-refractivity contribution in [2.24, 2.45) is 4.99 Å². The Labute approximate surface area is 234 Å². The first kappa shape index (κ1) is 28.7. The highest BCUT2D eigenvalue weighted by Gasteiger charge is 2.22.